The SMILES string of the molecule is COCC(N)C(=O)N1CCN(CC(=O)Nc2ccc(F)cc2)CC1. The minimum Gasteiger partial charge on any atom is -0.383 e. The standard InChI is InChI=1S/C16H23FN4O3/c1-24-11-14(18)16(23)21-8-6-20(7-9-21)10-15(22)19-13-4-2-12(17)3-5-13/h2-5,14H,6-11,18H2,1H3,(H,19,22). The number of amides is 2. The van der Waals surface area contributed by atoms with E-state index < -0.39 is 6.04 Å². The molecule has 1 heterocycles. The van der Waals surface area contributed by atoms with Gasteiger partial charge in [0.25, 0.3) is 0 Å². The van der Waals surface area contributed by atoms with Crippen LogP contribution in [0.25, 0.3) is 0 Å². The number of piperazine rings is 1. The number of hydrogen-bond donors (Lipinski definition) is 2. The molecule has 0 aromatic heterocycles. The summed E-state index contributed by atoms with van der Waals surface area (Å²) in [4.78, 5) is 27.7. The minimum atomic E-state index is -0.650. The van der Waals surface area contributed by atoms with Crippen molar-refractivity contribution >= 4 is 17.5 Å². The maximum atomic E-state index is 12.8. The number of hydrogen-bond acceptors (Lipinski definition) is 5. The van der Waals surface area contributed by atoms with Crippen molar-refractivity contribution in [2.24, 2.45) is 5.73 Å². The Labute approximate surface area is 140 Å². The summed E-state index contributed by atoms with van der Waals surface area (Å²) < 4.78 is 17.7. The first-order chi connectivity index (χ1) is 11.5. The van der Waals surface area contributed by atoms with E-state index in [4.69, 9.17) is 10.5 Å². The van der Waals surface area contributed by atoms with Crippen LogP contribution in [0.1, 0.15) is 0 Å². The van der Waals surface area contributed by atoms with Crippen LogP contribution in [-0.4, -0.2) is 74.1 Å². The molecule has 2 amide bonds. The number of anilines is 1. The van der Waals surface area contributed by atoms with Crippen molar-refractivity contribution in [2.75, 3.05) is 51.8 Å². The van der Waals surface area contributed by atoms with Crippen LogP contribution in [0.15, 0.2) is 24.3 Å². The van der Waals surface area contributed by atoms with Crippen molar-refractivity contribution in [3.8, 4) is 0 Å². The second-order valence-electron chi connectivity index (χ2n) is 5.72. The molecule has 1 aliphatic rings. The highest BCUT2D eigenvalue weighted by molar-refractivity contribution is 5.92. The third kappa shape index (κ3) is 5.26. The van der Waals surface area contributed by atoms with Crippen molar-refractivity contribution in [3.05, 3.63) is 30.1 Å². The molecule has 1 atom stereocenters. The number of halogens is 1. The molecular formula is C16H23FN4O3. The van der Waals surface area contributed by atoms with Crippen molar-refractivity contribution in [2.45, 2.75) is 6.04 Å². The lowest BCUT2D eigenvalue weighted by atomic mass is 10.2. The van der Waals surface area contributed by atoms with Gasteiger partial charge >= 0.3 is 0 Å². The van der Waals surface area contributed by atoms with Gasteiger partial charge in [-0.3, -0.25) is 14.5 Å². The number of nitrogens with two attached hydrogens (primary N) is 1. The fourth-order valence-corrected chi connectivity index (χ4v) is 2.55. The second kappa shape index (κ2) is 8.72. The average Bonchev–Trinajstić information content (AvgIpc) is 2.57. The lowest BCUT2D eigenvalue weighted by molar-refractivity contribution is -0.135. The lowest BCUT2D eigenvalue weighted by Crippen LogP contribution is -2.55. The van der Waals surface area contributed by atoms with Crippen LogP contribution < -0.4 is 11.1 Å². The maximum Gasteiger partial charge on any atom is 0.241 e. The first-order valence-electron chi connectivity index (χ1n) is 7.80. The Hall–Kier alpha value is -2.03. The molecule has 1 aliphatic heterocycles. The summed E-state index contributed by atoms with van der Waals surface area (Å²) in [7, 11) is 1.50. The Morgan fingerprint density at radius 1 is 1.25 bits per heavy atom. The zero-order valence-electron chi connectivity index (χ0n) is 13.7. The molecule has 0 radical (unpaired) electrons. The summed E-state index contributed by atoms with van der Waals surface area (Å²) >= 11 is 0. The zero-order chi connectivity index (χ0) is 17.5. The van der Waals surface area contributed by atoms with Crippen LogP contribution in [0.5, 0.6) is 0 Å². The lowest BCUT2D eigenvalue weighted by Gasteiger charge is -2.35. The second-order valence-corrected chi connectivity index (χ2v) is 5.72. The van der Waals surface area contributed by atoms with Gasteiger partial charge in [0.2, 0.25) is 11.8 Å². The van der Waals surface area contributed by atoms with Gasteiger partial charge < -0.3 is 20.7 Å². The molecule has 0 saturated carbocycles. The molecule has 2 rings (SSSR count). The van der Waals surface area contributed by atoms with Crippen LogP contribution >= 0.6 is 0 Å². The van der Waals surface area contributed by atoms with Crippen molar-refractivity contribution in [1.29, 1.82) is 0 Å². The average molecular weight is 338 g/mol. The predicted molar refractivity (Wildman–Crippen MR) is 87.9 cm³/mol. The van der Waals surface area contributed by atoms with E-state index in [1.807, 2.05) is 4.90 Å². The summed E-state index contributed by atoms with van der Waals surface area (Å²) in [6, 6.07) is 4.97. The Balaban J connectivity index is 1.75. The van der Waals surface area contributed by atoms with Crippen LogP contribution in [0.3, 0.4) is 0 Å². The van der Waals surface area contributed by atoms with Crippen LogP contribution in [-0.2, 0) is 14.3 Å². The van der Waals surface area contributed by atoms with E-state index in [1.165, 1.54) is 31.4 Å². The summed E-state index contributed by atoms with van der Waals surface area (Å²) in [6.45, 7) is 2.67. The zero-order valence-corrected chi connectivity index (χ0v) is 13.7. The smallest absolute Gasteiger partial charge is 0.241 e. The molecule has 8 heteroatoms. The van der Waals surface area contributed by atoms with Gasteiger partial charge in [-0.2, -0.15) is 0 Å². The van der Waals surface area contributed by atoms with E-state index in [1.54, 1.807) is 4.90 Å². The Bertz CT molecular complexity index is 559. The number of carbonyl (C=O) groups excluding carboxylic acids is 2. The van der Waals surface area contributed by atoms with Crippen LogP contribution in [0, 0.1) is 5.82 Å². The number of ether oxygens (including phenoxy) is 1. The first-order valence-corrected chi connectivity index (χ1v) is 7.80. The van der Waals surface area contributed by atoms with E-state index in [0.29, 0.717) is 31.9 Å². The van der Waals surface area contributed by atoms with E-state index in [0.717, 1.165) is 0 Å². The number of nitrogens with one attached hydrogen (secondary N) is 1. The van der Waals surface area contributed by atoms with Gasteiger partial charge in [0.1, 0.15) is 11.9 Å². The molecule has 1 aromatic carbocycles. The van der Waals surface area contributed by atoms with E-state index in [2.05, 4.69) is 5.32 Å². The number of nitrogens with zero attached hydrogens (tertiary/aromatic N) is 2. The molecule has 7 nitrogen and oxygen atoms in total. The molecule has 3 N–H and O–H groups in total. The summed E-state index contributed by atoms with van der Waals surface area (Å²) in [5.74, 6) is -0.648. The van der Waals surface area contributed by atoms with E-state index >= 15 is 0 Å². The molecule has 1 fully saturated rings. The molecule has 132 valence electrons. The molecule has 0 spiro atoms. The van der Waals surface area contributed by atoms with Crippen LogP contribution in [0.4, 0.5) is 10.1 Å². The van der Waals surface area contributed by atoms with Gasteiger partial charge in [0.15, 0.2) is 0 Å². The third-order valence-electron chi connectivity index (χ3n) is 3.84. The number of carbonyl (C=O) groups is 2. The summed E-state index contributed by atoms with van der Waals surface area (Å²) in [5.41, 5.74) is 6.31. The molecular weight excluding hydrogens is 315 g/mol. The summed E-state index contributed by atoms with van der Waals surface area (Å²) in [5, 5.41) is 2.72. The fraction of sp³-hybridized carbons (Fsp3) is 0.500. The molecule has 1 aromatic rings. The summed E-state index contributed by atoms with van der Waals surface area (Å²) in [6.07, 6.45) is 0. The highest BCUT2D eigenvalue weighted by Crippen LogP contribution is 2.09. The van der Waals surface area contributed by atoms with Gasteiger partial charge in [-0.1, -0.05) is 0 Å². The maximum absolute atomic E-state index is 12.8. The van der Waals surface area contributed by atoms with Gasteiger partial charge in [0.05, 0.1) is 13.2 Å². The van der Waals surface area contributed by atoms with E-state index in [-0.39, 0.29) is 30.8 Å². The van der Waals surface area contributed by atoms with E-state index in [9.17, 15) is 14.0 Å². The normalized spacial score (nSPS) is 16.7. The minimum absolute atomic E-state index is 0.132. The topological polar surface area (TPSA) is 87.9 Å². The predicted octanol–water partition coefficient (Wildman–Crippen LogP) is -0.118. The van der Waals surface area contributed by atoms with Crippen molar-refractivity contribution in [3.63, 3.8) is 0 Å². The molecule has 24 heavy (non-hydrogen) atoms. The van der Waals surface area contributed by atoms with Crippen LogP contribution in [0.2, 0.25) is 0 Å². The largest absolute Gasteiger partial charge is 0.383 e. The fourth-order valence-electron chi connectivity index (χ4n) is 2.55. The monoisotopic (exact) mass is 338 g/mol. The van der Waals surface area contributed by atoms with Gasteiger partial charge in [0, 0.05) is 39.0 Å². The Morgan fingerprint density at radius 2 is 1.88 bits per heavy atom. The number of rotatable bonds is 6. The highest BCUT2D eigenvalue weighted by atomic mass is 19.1. The number of methoxy groups -OCH3 is 1. The van der Waals surface area contributed by atoms with Crippen molar-refractivity contribution < 1.29 is 18.7 Å². The molecule has 0 aliphatic carbocycles. The first kappa shape index (κ1) is 18.3. The van der Waals surface area contributed by atoms with Crippen molar-refractivity contribution in [1.82, 2.24) is 9.80 Å². The van der Waals surface area contributed by atoms with Gasteiger partial charge in [-0.15, -0.1) is 0 Å². The van der Waals surface area contributed by atoms with Gasteiger partial charge in [-0.25, -0.2) is 4.39 Å². The third-order valence-corrected chi connectivity index (χ3v) is 3.84. The molecule has 1 saturated heterocycles. The molecule has 1 unspecified atom stereocenters. The van der Waals surface area contributed by atoms with Gasteiger partial charge in [-0.05, 0) is 24.3 Å². The molecule has 0 bridgehead atoms. The Morgan fingerprint density at radius 3 is 2.46 bits per heavy atom. The highest BCUT2D eigenvalue weighted by Gasteiger charge is 2.25. The Kier molecular flexibility index (Phi) is 6.65. The number of benzene rings is 1. The quantitative estimate of drug-likeness (QED) is 0.755.